The first-order valence-corrected chi connectivity index (χ1v) is 17.6. The Bertz CT molecular complexity index is 2850. The van der Waals surface area contributed by atoms with Crippen LogP contribution >= 0.6 is 0 Å². The zero-order valence-corrected chi connectivity index (χ0v) is 28.2. The van der Waals surface area contributed by atoms with Crippen LogP contribution in [0.2, 0.25) is 0 Å². The molecular formula is C49H31N3. The SMILES string of the molecule is c1ccc(-c2cc(-c3ccc(-c4nc(-c5ccc6ccccc6c5)cc(-c5ccc6ccccc6c5)n4)cc3)nc3ccc4ccccc4c23)cc1. The molecular weight excluding hydrogens is 631 g/mol. The van der Waals surface area contributed by atoms with Crippen LogP contribution in [0.25, 0.3) is 99.5 Å². The molecule has 0 amide bonds. The number of nitrogens with zero attached hydrogens (tertiary/aromatic N) is 3. The van der Waals surface area contributed by atoms with Crippen molar-refractivity contribution in [3.05, 3.63) is 188 Å². The largest absolute Gasteiger partial charge is 0.248 e. The summed E-state index contributed by atoms with van der Waals surface area (Å²) >= 11 is 0. The molecule has 2 aromatic heterocycles. The predicted molar refractivity (Wildman–Crippen MR) is 217 cm³/mol. The van der Waals surface area contributed by atoms with Crippen LogP contribution in [0.5, 0.6) is 0 Å². The second kappa shape index (κ2) is 12.4. The topological polar surface area (TPSA) is 38.7 Å². The highest BCUT2D eigenvalue weighted by atomic mass is 14.9. The molecule has 0 radical (unpaired) electrons. The molecule has 0 aliphatic rings. The van der Waals surface area contributed by atoms with E-state index in [1.807, 2.05) is 0 Å². The first-order valence-electron chi connectivity index (χ1n) is 17.6. The predicted octanol–water partition coefficient (Wildman–Crippen LogP) is 12.8. The monoisotopic (exact) mass is 661 g/mol. The molecule has 0 N–H and O–H groups in total. The molecule has 0 saturated carbocycles. The highest BCUT2D eigenvalue weighted by molar-refractivity contribution is 6.13. The molecule has 8 aromatic carbocycles. The Morgan fingerprint density at radius 2 is 0.788 bits per heavy atom. The van der Waals surface area contributed by atoms with E-state index in [0.29, 0.717) is 5.82 Å². The highest BCUT2D eigenvalue weighted by Gasteiger charge is 2.15. The van der Waals surface area contributed by atoms with Crippen molar-refractivity contribution < 1.29 is 0 Å². The molecule has 0 aliphatic carbocycles. The van der Waals surface area contributed by atoms with Crippen molar-refractivity contribution in [3.63, 3.8) is 0 Å². The first-order chi connectivity index (χ1) is 25.7. The molecule has 0 atom stereocenters. The van der Waals surface area contributed by atoms with Crippen LogP contribution in [-0.2, 0) is 0 Å². The van der Waals surface area contributed by atoms with E-state index in [0.717, 1.165) is 44.9 Å². The summed E-state index contributed by atoms with van der Waals surface area (Å²) in [5, 5.41) is 8.36. The van der Waals surface area contributed by atoms with Gasteiger partial charge in [0.2, 0.25) is 0 Å². The van der Waals surface area contributed by atoms with Gasteiger partial charge in [0.05, 0.1) is 22.6 Å². The van der Waals surface area contributed by atoms with Crippen molar-refractivity contribution in [2.75, 3.05) is 0 Å². The highest BCUT2D eigenvalue weighted by Crippen LogP contribution is 2.37. The number of benzene rings is 8. The Morgan fingerprint density at radius 1 is 0.288 bits per heavy atom. The van der Waals surface area contributed by atoms with Crippen LogP contribution in [0.1, 0.15) is 0 Å². The molecule has 242 valence electrons. The number of fused-ring (bicyclic) bond motifs is 5. The summed E-state index contributed by atoms with van der Waals surface area (Å²) in [5.41, 5.74) is 10.1. The average molecular weight is 662 g/mol. The van der Waals surface area contributed by atoms with Gasteiger partial charge in [-0.1, -0.05) is 158 Å². The third-order valence-corrected chi connectivity index (χ3v) is 10.0. The standard InChI is InChI=1S/C49H31N3/c1-2-12-34(13-3-1)43-30-45(50-44-27-26-35-14-8-9-17-42(35)48(43)44)36-20-22-37(23-21-36)49-51-46(40-24-18-32-10-4-6-15-38(32)28-40)31-47(52-49)41-25-19-33-11-5-7-16-39(33)29-41/h1-31H. The fraction of sp³-hybridized carbons (Fsp3) is 0. The van der Waals surface area contributed by atoms with Crippen LogP contribution < -0.4 is 0 Å². The van der Waals surface area contributed by atoms with Crippen LogP contribution in [0.4, 0.5) is 0 Å². The molecule has 52 heavy (non-hydrogen) atoms. The van der Waals surface area contributed by atoms with E-state index < -0.39 is 0 Å². The fourth-order valence-corrected chi connectivity index (χ4v) is 7.36. The zero-order chi connectivity index (χ0) is 34.4. The van der Waals surface area contributed by atoms with E-state index in [1.165, 1.54) is 48.8 Å². The van der Waals surface area contributed by atoms with Crippen LogP contribution in [0.3, 0.4) is 0 Å². The zero-order valence-electron chi connectivity index (χ0n) is 28.2. The maximum atomic E-state index is 5.21. The van der Waals surface area contributed by atoms with Gasteiger partial charge in [0.15, 0.2) is 5.82 Å². The molecule has 10 aromatic rings. The first kappa shape index (κ1) is 29.9. The summed E-state index contributed by atoms with van der Waals surface area (Å²) in [4.78, 5) is 15.5. The Labute approximate surface area is 301 Å². The number of rotatable bonds is 5. The summed E-state index contributed by atoms with van der Waals surface area (Å²) in [5.74, 6) is 0.684. The molecule has 10 rings (SSSR count). The quantitative estimate of drug-likeness (QED) is 0.172. The summed E-state index contributed by atoms with van der Waals surface area (Å²) in [7, 11) is 0. The van der Waals surface area contributed by atoms with Crippen molar-refractivity contribution in [1.82, 2.24) is 15.0 Å². The van der Waals surface area contributed by atoms with E-state index in [-0.39, 0.29) is 0 Å². The summed E-state index contributed by atoms with van der Waals surface area (Å²) in [6.07, 6.45) is 0. The van der Waals surface area contributed by atoms with Gasteiger partial charge in [-0.25, -0.2) is 15.0 Å². The van der Waals surface area contributed by atoms with Gasteiger partial charge >= 0.3 is 0 Å². The van der Waals surface area contributed by atoms with E-state index in [1.54, 1.807) is 0 Å². The van der Waals surface area contributed by atoms with Gasteiger partial charge in [-0.2, -0.15) is 0 Å². The van der Waals surface area contributed by atoms with Crippen molar-refractivity contribution >= 4 is 43.2 Å². The molecule has 0 spiro atoms. The fourth-order valence-electron chi connectivity index (χ4n) is 7.36. The Morgan fingerprint density at radius 3 is 1.44 bits per heavy atom. The van der Waals surface area contributed by atoms with Gasteiger partial charge in [-0.05, 0) is 73.8 Å². The molecule has 0 fully saturated rings. The molecule has 0 saturated heterocycles. The lowest BCUT2D eigenvalue weighted by molar-refractivity contribution is 1.18. The molecule has 3 nitrogen and oxygen atoms in total. The smallest absolute Gasteiger partial charge is 0.160 e. The third-order valence-electron chi connectivity index (χ3n) is 10.0. The summed E-state index contributed by atoms with van der Waals surface area (Å²) in [6, 6.07) is 66.3. The summed E-state index contributed by atoms with van der Waals surface area (Å²) in [6.45, 7) is 0. The van der Waals surface area contributed by atoms with Gasteiger partial charge in [-0.15, -0.1) is 0 Å². The molecule has 0 unspecified atom stereocenters. The van der Waals surface area contributed by atoms with E-state index in [2.05, 4.69) is 188 Å². The lowest BCUT2D eigenvalue weighted by Crippen LogP contribution is -1.96. The number of hydrogen-bond acceptors (Lipinski definition) is 3. The average Bonchev–Trinajstić information content (AvgIpc) is 3.23. The number of hydrogen-bond donors (Lipinski definition) is 0. The van der Waals surface area contributed by atoms with E-state index in [4.69, 9.17) is 15.0 Å². The van der Waals surface area contributed by atoms with E-state index in [9.17, 15) is 0 Å². The molecule has 3 heteroatoms. The maximum Gasteiger partial charge on any atom is 0.160 e. The van der Waals surface area contributed by atoms with Crippen LogP contribution in [0, 0.1) is 0 Å². The minimum atomic E-state index is 0.684. The second-order valence-corrected chi connectivity index (χ2v) is 13.3. The summed E-state index contributed by atoms with van der Waals surface area (Å²) < 4.78 is 0. The third kappa shape index (κ3) is 5.37. The van der Waals surface area contributed by atoms with Gasteiger partial charge < -0.3 is 0 Å². The van der Waals surface area contributed by atoms with Crippen molar-refractivity contribution in [1.29, 1.82) is 0 Å². The number of pyridine rings is 1. The lowest BCUT2D eigenvalue weighted by atomic mass is 9.94. The van der Waals surface area contributed by atoms with Crippen LogP contribution in [-0.4, -0.2) is 15.0 Å². The van der Waals surface area contributed by atoms with Gasteiger partial charge in [0.1, 0.15) is 0 Å². The van der Waals surface area contributed by atoms with Gasteiger partial charge in [0.25, 0.3) is 0 Å². The lowest BCUT2D eigenvalue weighted by Gasteiger charge is -2.13. The molecule has 0 aliphatic heterocycles. The van der Waals surface area contributed by atoms with Crippen molar-refractivity contribution in [2.24, 2.45) is 0 Å². The second-order valence-electron chi connectivity index (χ2n) is 13.3. The van der Waals surface area contributed by atoms with Gasteiger partial charge in [0, 0.05) is 27.6 Å². The number of aromatic nitrogens is 3. The van der Waals surface area contributed by atoms with Crippen molar-refractivity contribution in [2.45, 2.75) is 0 Å². The molecule has 2 heterocycles. The minimum absolute atomic E-state index is 0.684. The maximum absolute atomic E-state index is 5.21. The Balaban J connectivity index is 1.10. The Kier molecular flexibility index (Phi) is 7.14. The van der Waals surface area contributed by atoms with E-state index >= 15 is 0 Å². The van der Waals surface area contributed by atoms with Crippen molar-refractivity contribution in [3.8, 4) is 56.3 Å². The molecule has 0 bridgehead atoms. The normalized spacial score (nSPS) is 11.5. The Hall–Kier alpha value is -6.97. The van der Waals surface area contributed by atoms with Crippen LogP contribution in [0.15, 0.2) is 188 Å². The van der Waals surface area contributed by atoms with Gasteiger partial charge in [-0.3, -0.25) is 0 Å². The minimum Gasteiger partial charge on any atom is -0.248 e.